The van der Waals surface area contributed by atoms with Crippen LogP contribution in [0.4, 0.5) is 43.5 Å². The lowest BCUT2D eigenvalue weighted by Gasteiger charge is -2.30. The predicted molar refractivity (Wildman–Crippen MR) is 441 cm³/mol. The number of likely N-dealkylation sites (tertiary alicyclic amines) is 3. The Bertz CT molecular complexity index is 4850. The van der Waals surface area contributed by atoms with Gasteiger partial charge in [-0.25, -0.2) is 31.3 Å². The molecular weight excluding hydrogens is 1540 g/mol. The number of fused-ring (bicyclic) bond motifs is 6. The Morgan fingerprint density at radius 3 is 1.20 bits per heavy atom. The number of ether oxygens (including phenoxy) is 6. The van der Waals surface area contributed by atoms with Gasteiger partial charge < -0.3 is 94.6 Å². The van der Waals surface area contributed by atoms with Crippen molar-refractivity contribution in [2.75, 3.05) is 153 Å². The summed E-state index contributed by atoms with van der Waals surface area (Å²) in [6.07, 6.45) is 5.46. The van der Waals surface area contributed by atoms with Crippen molar-refractivity contribution in [3.8, 4) is 34.5 Å². The van der Waals surface area contributed by atoms with Gasteiger partial charge in [0.05, 0.1) is 41.5 Å². The number of nitrogens with two attached hydrogens (primary N) is 1. The largest absolute Gasteiger partial charge is 0.486 e. The first-order valence-electron chi connectivity index (χ1n) is 40.9. The quantitative estimate of drug-likeness (QED) is 0.0350. The minimum absolute atomic E-state index is 0. The second-order valence-electron chi connectivity index (χ2n) is 31.8. The number of nitrogens with one attached hydrogen (secondary N) is 2. The molecule has 8 N–H and O–H groups in total. The summed E-state index contributed by atoms with van der Waals surface area (Å²) in [6, 6.07) is 36.2. The fraction of sp³-hybridized carbons (Fsp3) is 0.444. The van der Waals surface area contributed by atoms with Gasteiger partial charge in [-0.2, -0.15) is 0 Å². The van der Waals surface area contributed by atoms with Crippen LogP contribution in [0.1, 0.15) is 100 Å². The van der Waals surface area contributed by atoms with Gasteiger partial charge >= 0.3 is 5.97 Å². The number of aliphatic carboxylic acids is 1. The number of aliphatic hydroxyl groups excluding tert-OH is 3. The van der Waals surface area contributed by atoms with Crippen molar-refractivity contribution in [2.45, 2.75) is 102 Å². The summed E-state index contributed by atoms with van der Waals surface area (Å²) in [6.45, 7) is 12.7. The molecule has 1 aromatic heterocycles. The van der Waals surface area contributed by atoms with Crippen molar-refractivity contribution >= 4 is 67.4 Å². The molecule has 634 valence electrons. The fourth-order valence-corrected chi connectivity index (χ4v) is 17.2. The summed E-state index contributed by atoms with van der Waals surface area (Å²) in [7, 11) is 0. The number of nitrogens with zero attached hydrogens (tertiary/aromatic N) is 7. The average Bonchev–Trinajstić information content (AvgIpc) is 1.51. The number of aromatic nitrogens is 1. The van der Waals surface area contributed by atoms with E-state index in [1.165, 1.54) is 67.4 Å². The Morgan fingerprint density at radius 2 is 0.765 bits per heavy atom. The molecule has 10 heterocycles. The van der Waals surface area contributed by atoms with E-state index in [1.54, 1.807) is 36.4 Å². The highest BCUT2D eigenvalue weighted by Gasteiger charge is 2.38. The maximum atomic E-state index is 14.8. The summed E-state index contributed by atoms with van der Waals surface area (Å²) in [5.41, 5.74) is 9.88. The fourth-order valence-electron chi connectivity index (χ4n) is 17.2. The molecule has 9 aliphatic rings. The monoisotopic (exact) mass is 1650 g/mol. The molecule has 6 saturated heterocycles. The molecule has 0 saturated carbocycles. The van der Waals surface area contributed by atoms with Crippen molar-refractivity contribution in [3.63, 3.8) is 0 Å². The number of hydrogen-bond donors (Lipinski definition) is 7. The Labute approximate surface area is 687 Å². The molecule has 0 radical (unpaired) electrons. The first-order valence-corrected chi connectivity index (χ1v) is 40.9. The molecular formula is C90H104F6N10O13. The second-order valence-corrected chi connectivity index (χ2v) is 31.8. The zero-order chi connectivity index (χ0) is 82.1. The minimum atomic E-state index is -1.13. The zero-order valence-corrected chi connectivity index (χ0v) is 65.6. The van der Waals surface area contributed by atoms with Crippen LogP contribution < -0.4 is 59.5 Å². The van der Waals surface area contributed by atoms with E-state index in [0.717, 1.165) is 122 Å². The lowest BCUT2D eigenvalue weighted by molar-refractivity contribution is -0.141. The Balaban J connectivity index is 0.000000136. The van der Waals surface area contributed by atoms with Crippen LogP contribution in [0.25, 0.3) is 32.4 Å². The van der Waals surface area contributed by atoms with Gasteiger partial charge in [-0.1, -0.05) is 31.7 Å². The molecule has 6 fully saturated rings. The summed E-state index contributed by atoms with van der Waals surface area (Å²) in [5, 5.41) is 52.6. The van der Waals surface area contributed by atoms with Crippen LogP contribution in [0.3, 0.4) is 0 Å². The van der Waals surface area contributed by atoms with Gasteiger partial charge in [-0.05, 0) is 251 Å². The summed E-state index contributed by atoms with van der Waals surface area (Å²) >= 11 is 0. The standard InChI is InChI=1S/C30H33F2N3O4.C29H32F2N4O4.C15H21FN2O3.C15H14FNO2.CH4/c31-23-5-3-20-14-24(6-4-19(20)13-23)35-10-7-21(17-35)30(37)33-26(18-34-8-1-2-9-34)28(36)22-15-25(32)29-27(16-22)38-11-12-39-29;30-21-4-5-23-18(13-21)3-6-26(32-23)35-10-7-19(16-35)29(37)33-24(17-34-8-1-2-9-34)27(36)20-14-22(31)28-25(15-20)38-11-12-39-28;16-11-7-10(8-13-15(11)21-6-5-20-13)14(19)12(17)9-18-3-1-2-4-18;16-13-3-1-11-8-14(4-2-10(11)7-13)17-6-5-12(9-17)15(18)19;/h3-6,13-16,21,26,28,36H,1-2,7-12,17-18H2,(H,33,37);3-6,13-15,19,24,27,36H,1-2,7-12,16-17H2,(H,33,37);7-8,12,14,19H,1-6,9,17H2;1-4,7-8,12H,5-6,9H2,(H,18,19);1H4/t21-,26+,28+;19-,24-,27-;12-,14-;;/m011../s1. The van der Waals surface area contributed by atoms with Gasteiger partial charge in [-0.3, -0.25) is 14.4 Å². The van der Waals surface area contributed by atoms with E-state index in [1.807, 2.05) is 48.5 Å². The normalized spacial score (nSPS) is 20.4. The Morgan fingerprint density at radius 1 is 0.412 bits per heavy atom. The maximum absolute atomic E-state index is 14.8. The first-order chi connectivity index (χ1) is 57.2. The van der Waals surface area contributed by atoms with Crippen molar-refractivity contribution in [1.29, 1.82) is 0 Å². The highest BCUT2D eigenvalue weighted by atomic mass is 19.1. The van der Waals surface area contributed by atoms with E-state index in [2.05, 4.69) is 45.0 Å². The number of carboxylic acid groups (broad SMARTS) is 1. The molecule has 9 aromatic rings. The molecule has 23 nitrogen and oxygen atoms in total. The number of carbonyl (C=O) groups is 3. The van der Waals surface area contributed by atoms with Gasteiger partial charge in [0.1, 0.15) is 75.1 Å². The van der Waals surface area contributed by atoms with Crippen molar-refractivity contribution < 1.29 is 89.6 Å². The van der Waals surface area contributed by atoms with Crippen LogP contribution in [0.15, 0.2) is 140 Å². The van der Waals surface area contributed by atoms with E-state index in [4.69, 9.17) is 39.3 Å². The average molecular weight is 1650 g/mol. The third-order valence-electron chi connectivity index (χ3n) is 23.6. The number of rotatable bonds is 20. The molecule has 119 heavy (non-hydrogen) atoms. The molecule has 0 aliphatic carbocycles. The highest BCUT2D eigenvalue weighted by Crippen LogP contribution is 2.41. The molecule has 2 amide bonds. The van der Waals surface area contributed by atoms with Crippen LogP contribution in [0.2, 0.25) is 0 Å². The zero-order valence-electron chi connectivity index (χ0n) is 65.6. The smallest absolute Gasteiger partial charge is 0.308 e. The van der Waals surface area contributed by atoms with Gasteiger partial charge in [0, 0.05) is 81.7 Å². The van der Waals surface area contributed by atoms with E-state index in [0.29, 0.717) is 119 Å². The van der Waals surface area contributed by atoms with Gasteiger partial charge in [0.2, 0.25) is 11.8 Å². The Kier molecular flexibility index (Phi) is 27.7. The van der Waals surface area contributed by atoms with E-state index in [-0.39, 0.29) is 96.4 Å². The number of hydrogen-bond acceptors (Lipinski definition) is 20. The summed E-state index contributed by atoms with van der Waals surface area (Å²) in [5.74, 6) is -2.51. The van der Waals surface area contributed by atoms with E-state index < -0.39 is 59.9 Å². The molecule has 9 atom stereocenters. The third-order valence-corrected chi connectivity index (χ3v) is 23.6. The number of aliphatic hydroxyl groups is 3. The molecule has 8 aromatic carbocycles. The SMILES string of the molecule is C.N[C@H](CN1CCCC1)[C@H](O)c1cc(F)c2c(c1)OCCO2.O=C(N[C@H](CN1CCCC1)[C@H](O)c1cc(F)c2c(c1)OCCO2)[C@@H]1CCN(c2ccc3cc(F)ccc3n2)C1.O=C(N[C@H](CN1CCCC1)[C@H](O)c1cc(F)c2c(c1)OCCO2)[C@H]1CCN(c2ccc3cc(F)ccc3c2)C1.O=C(O)C1CCN(c2ccc3cc(F)ccc3c2)C1. The molecule has 0 spiro atoms. The highest BCUT2D eigenvalue weighted by molar-refractivity contribution is 5.88. The second kappa shape index (κ2) is 38.8. The van der Waals surface area contributed by atoms with Gasteiger partial charge in [-0.15, -0.1) is 0 Å². The van der Waals surface area contributed by atoms with Crippen LogP contribution in [-0.4, -0.2) is 214 Å². The number of anilines is 3. The van der Waals surface area contributed by atoms with Crippen molar-refractivity contribution in [1.82, 2.24) is 30.3 Å². The summed E-state index contributed by atoms with van der Waals surface area (Å²) < 4.78 is 116. The molecule has 1 unspecified atom stereocenters. The summed E-state index contributed by atoms with van der Waals surface area (Å²) in [4.78, 5) is 55.5. The lowest BCUT2D eigenvalue weighted by Crippen LogP contribution is -2.48. The molecule has 29 heteroatoms. The predicted octanol–water partition coefficient (Wildman–Crippen LogP) is 12.0. The maximum Gasteiger partial charge on any atom is 0.308 e. The number of carbonyl (C=O) groups excluding carboxylic acids is 2. The molecule has 18 rings (SSSR count). The number of carboxylic acids is 1. The van der Waals surface area contributed by atoms with Gasteiger partial charge in [0.15, 0.2) is 51.9 Å². The third kappa shape index (κ3) is 20.7. The van der Waals surface area contributed by atoms with E-state index in [9.17, 15) is 56.0 Å². The number of pyridine rings is 1. The number of benzene rings is 8. The topological polar surface area (TPSA) is 270 Å². The minimum Gasteiger partial charge on any atom is -0.486 e. The van der Waals surface area contributed by atoms with Crippen LogP contribution in [0, 0.1) is 52.7 Å². The lowest BCUT2D eigenvalue weighted by atomic mass is 9.99. The molecule has 0 bridgehead atoms. The molecule has 9 aliphatic heterocycles. The van der Waals surface area contributed by atoms with Gasteiger partial charge in [0.25, 0.3) is 0 Å². The van der Waals surface area contributed by atoms with Crippen molar-refractivity contribution in [2.24, 2.45) is 23.5 Å². The first kappa shape index (κ1) is 85.0. The van der Waals surface area contributed by atoms with Crippen LogP contribution in [0.5, 0.6) is 34.5 Å². The van der Waals surface area contributed by atoms with Crippen LogP contribution >= 0.6 is 0 Å². The number of amides is 2. The number of halogens is 6. The van der Waals surface area contributed by atoms with Crippen molar-refractivity contribution in [3.05, 3.63) is 191 Å². The van der Waals surface area contributed by atoms with Crippen LogP contribution in [-0.2, 0) is 14.4 Å². The Hall–Kier alpha value is -10.4. The van der Waals surface area contributed by atoms with E-state index >= 15 is 0 Å².